The third-order valence-electron chi connectivity index (χ3n) is 4.22. The minimum absolute atomic E-state index is 0.0449. The van der Waals surface area contributed by atoms with Crippen molar-refractivity contribution in [2.75, 3.05) is 6.54 Å². The van der Waals surface area contributed by atoms with Crippen molar-refractivity contribution in [2.24, 2.45) is 0 Å². The number of carbonyl (C=O) groups excluding carboxylic acids is 1. The van der Waals surface area contributed by atoms with Crippen molar-refractivity contribution in [3.63, 3.8) is 0 Å². The van der Waals surface area contributed by atoms with Crippen molar-refractivity contribution >= 4 is 11.9 Å². The number of amides is 1. The third kappa shape index (κ3) is 26.6. The molecule has 2 N–H and O–H groups in total. The van der Waals surface area contributed by atoms with E-state index in [4.69, 9.17) is 5.11 Å². The molecule has 4 nitrogen and oxygen atoms in total. The second-order valence-corrected chi connectivity index (χ2v) is 6.79. The molecule has 0 fully saturated rings. The van der Waals surface area contributed by atoms with Crippen molar-refractivity contribution in [3.05, 3.63) is 24.3 Å². The molecule has 0 heterocycles. The van der Waals surface area contributed by atoms with Gasteiger partial charge in [0, 0.05) is 19.4 Å². The monoisotopic (exact) mass is 395 g/mol. The van der Waals surface area contributed by atoms with E-state index in [9.17, 15) is 9.59 Å². The maximum absolute atomic E-state index is 11.6. The second-order valence-electron chi connectivity index (χ2n) is 6.79. The highest BCUT2D eigenvalue weighted by molar-refractivity contribution is 5.75. The Bertz CT molecular complexity index is 403. The smallest absolute Gasteiger partial charge is 0.303 e. The number of hydrogen-bond donors (Lipinski definition) is 2. The van der Waals surface area contributed by atoms with Crippen LogP contribution >= 0.6 is 0 Å². The number of allylic oxidation sites excluding steroid dienone is 4. The molecule has 1 amide bonds. The summed E-state index contributed by atoms with van der Waals surface area (Å²) >= 11 is 0. The van der Waals surface area contributed by atoms with Crippen molar-refractivity contribution in [3.8, 4) is 0 Å². The normalized spacial score (nSPS) is 10.8. The number of carboxylic acid groups (broad SMARTS) is 1. The SMILES string of the molecule is CC.CC/C=C\CCCC/C=C\CCCCCCCC(=O)NCCCC(=O)O. The first-order chi connectivity index (χ1) is 13.7. The molecule has 0 radical (unpaired) electrons. The first-order valence-electron chi connectivity index (χ1n) is 11.4. The average Bonchev–Trinajstić information content (AvgIpc) is 2.69. The van der Waals surface area contributed by atoms with E-state index in [-0.39, 0.29) is 12.3 Å². The first kappa shape index (κ1) is 28.6. The highest BCUT2D eigenvalue weighted by atomic mass is 16.4. The van der Waals surface area contributed by atoms with Gasteiger partial charge in [-0.3, -0.25) is 9.59 Å². The second kappa shape index (κ2) is 25.4. The van der Waals surface area contributed by atoms with E-state index in [1.54, 1.807) is 0 Å². The Morgan fingerprint density at radius 3 is 1.79 bits per heavy atom. The molecule has 4 heteroatoms. The topological polar surface area (TPSA) is 66.4 Å². The third-order valence-corrected chi connectivity index (χ3v) is 4.22. The summed E-state index contributed by atoms with van der Waals surface area (Å²) in [5.41, 5.74) is 0. The fourth-order valence-corrected chi connectivity index (χ4v) is 2.68. The Kier molecular flexibility index (Phi) is 26.0. The van der Waals surface area contributed by atoms with Crippen molar-refractivity contribution in [1.82, 2.24) is 5.32 Å². The van der Waals surface area contributed by atoms with Gasteiger partial charge in [0.15, 0.2) is 0 Å². The maximum Gasteiger partial charge on any atom is 0.303 e. The van der Waals surface area contributed by atoms with E-state index in [2.05, 4.69) is 36.5 Å². The summed E-state index contributed by atoms with van der Waals surface area (Å²) in [6.07, 6.45) is 23.3. The van der Waals surface area contributed by atoms with Crippen molar-refractivity contribution in [2.45, 2.75) is 111 Å². The first-order valence-corrected chi connectivity index (χ1v) is 11.4. The molecule has 0 aliphatic rings. The van der Waals surface area contributed by atoms with Crippen LogP contribution in [-0.4, -0.2) is 23.5 Å². The number of carbonyl (C=O) groups is 2. The molecule has 0 aromatic rings. The molecule has 0 unspecified atom stereocenters. The van der Waals surface area contributed by atoms with Gasteiger partial charge in [-0.2, -0.15) is 0 Å². The number of aliphatic carboxylic acids is 1. The largest absolute Gasteiger partial charge is 0.481 e. The Morgan fingerprint density at radius 1 is 0.714 bits per heavy atom. The molecule has 0 atom stereocenters. The van der Waals surface area contributed by atoms with Crippen LogP contribution < -0.4 is 5.32 Å². The minimum Gasteiger partial charge on any atom is -0.481 e. The lowest BCUT2D eigenvalue weighted by Crippen LogP contribution is -2.24. The fraction of sp³-hybridized carbons (Fsp3) is 0.750. The van der Waals surface area contributed by atoms with E-state index in [1.807, 2.05) is 13.8 Å². The summed E-state index contributed by atoms with van der Waals surface area (Å²) in [6.45, 7) is 6.64. The molecule has 0 spiro atoms. The standard InChI is InChI=1S/C22H39NO3.C2H6/c1-2-3-4-5-6-7-8-9-10-11-12-13-14-15-16-18-21(24)23-20-17-19-22(25)26;1-2/h3-4,9-10H,2,5-8,11-20H2,1H3,(H,23,24)(H,25,26);1-2H3/b4-3-,10-9-;. The van der Waals surface area contributed by atoms with Crippen molar-refractivity contribution < 1.29 is 14.7 Å². The van der Waals surface area contributed by atoms with E-state index in [1.165, 1.54) is 51.4 Å². The van der Waals surface area contributed by atoms with Crippen molar-refractivity contribution in [1.29, 1.82) is 0 Å². The zero-order chi connectivity index (χ0) is 21.3. The van der Waals surface area contributed by atoms with Crippen LogP contribution in [0.3, 0.4) is 0 Å². The number of unbranched alkanes of at least 4 members (excludes halogenated alkanes) is 8. The summed E-state index contributed by atoms with van der Waals surface area (Å²) < 4.78 is 0. The predicted molar refractivity (Wildman–Crippen MR) is 121 cm³/mol. The molecule has 0 aromatic heterocycles. The van der Waals surface area contributed by atoms with Gasteiger partial charge in [-0.15, -0.1) is 0 Å². The molecule has 0 rings (SSSR count). The Morgan fingerprint density at radius 2 is 1.21 bits per heavy atom. The van der Waals surface area contributed by atoms with E-state index >= 15 is 0 Å². The highest BCUT2D eigenvalue weighted by Crippen LogP contribution is 2.08. The van der Waals surface area contributed by atoms with Gasteiger partial charge in [0.1, 0.15) is 0 Å². The summed E-state index contributed by atoms with van der Waals surface area (Å²) in [4.78, 5) is 21.9. The zero-order valence-corrected chi connectivity index (χ0v) is 18.7. The van der Waals surface area contributed by atoms with Crippen LogP contribution in [0.15, 0.2) is 24.3 Å². The van der Waals surface area contributed by atoms with Gasteiger partial charge in [0.05, 0.1) is 0 Å². The molecule has 0 bridgehead atoms. The molecule has 0 saturated heterocycles. The minimum atomic E-state index is -0.811. The fourth-order valence-electron chi connectivity index (χ4n) is 2.68. The lowest BCUT2D eigenvalue weighted by atomic mass is 10.1. The Balaban J connectivity index is 0. The molecule has 0 aromatic carbocycles. The van der Waals surface area contributed by atoms with Gasteiger partial charge >= 0.3 is 5.97 Å². The number of rotatable bonds is 18. The molecule has 28 heavy (non-hydrogen) atoms. The number of carboxylic acids is 1. The van der Waals surface area contributed by atoms with Crippen LogP contribution in [0, 0.1) is 0 Å². The Labute approximate surface area is 173 Å². The molecule has 0 aliphatic heterocycles. The van der Waals surface area contributed by atoms with Crippen LogP contribution in [0.1, 0.15) is 111 Å². The predicted octanol–water partition coefficient (Wildman–Crippen LogP) is 6.81. The van der Waals surface area contributed by atoms with Crippen LogP contribution in [0.2, 0.25) is 0 Å². The van der Waals surface area contributed by atoms with Gasteiger partial charge in [-0.05, 0) is 57.8 Å². The lowest BCUT2D eigenvalue weighted by molar-refractivity contribution is -0.137. The van der Waals surface area contributed by atoms with Gasteiger partial charge in [0.2, 0.25) is 5.91 Å². The van der Waals surface area contributed by atoms with Crippen LogP contribution in [0.25, 0.3) is 0 Å². The van der Waals surface area contributed by atoms with Crippen LogP contribution in [0.4, 0.5) is 0 Å². The Hall–Kier alpha value is -1.58. The quantitative estimate of drug-likeness (QED) is 0.198. The van der Waals surface area contributed by atoms with E-state index in [0.717, 1.165) is 19.3 Å². The highest BCUT2D eigenvalue weighted by Gasteiger charge is 2.01. The van der Waals surface area contributed by atoms with Gasteiger partial charge in [-0.25, -0.2) is 0 Å². The summed E-state index contributed by atoms with van der Waals surface area (Å²) in [6, 6.07) is 0. The lowest BCUT2D eigenvalue weighted by Gasteiger charge is -2.04. The summed E-state index contributed by atoms with van der Waals surface area (Å²) in [5, 5.41) is 11.3. The molecule has 0 aliphatic carbocycles. The average molecular weight is 396 g/mol. The molecular weight excluding hydrogens is 350 g/mol. The molecule has 164 valence electrons. The van der Waals surface area contributed by atoms with Gasteiger partial charge in [0.25, 0.3) is 0 Å². The maximum atomic E-state index is 11.6. The van der Waals surface area contributed by atoms with E-state index < -0.39 is 5.97 Å². The zero-order valence-electron chi connectivity index (χ0n) is 18.7. The van der Waals surface area contributed by atoms with Crippen LogP contribution in [-0.2, 0) is 9.59 Å². The molecular formula is C24H45NO3. The van der Waals surface area contributed by atoms with E-state index in [0.29, 0.717) is 19.4 Å². The summed E-state index contributed by atoms with van der Waals surface area (Å²) in [5.74, 6) is -0.766. The molecule has 0 saturated carbocycles. The number of nitrogens with one attached hydrogen (secondary N) is 1. The summed E-state index contributed by atoms with van der Waals surface area (Å²) in [7, 11) is 0. The van der Waals surface area contributed by atoms with Gasteiger partial charge in [-0.1, -0.05) is 64.3 Å². The van der Waals surface area contributed by atoms with Gasteiger partial charge < -0.3 is 10.4 Å². The number of hydrogen-bond acceptors (Lipinski definition) is 2. The van der Waals surface area contributed by atoms with Crippen LogP contribution in [0.5, 0.6) is 0 Å².